The molecule has 0 bridgehead atoms. The monoisotopic (exact) mass is 222 g/mol. The van der Waals surface area contributed by atoms with E-state index in [-0.39, 0.29) is 11.8 Å². The average Bonchev–Trinajstić information content (AvgIpc) is 2.63. The zero-order valence-electron chi connectivity index (χ0n) is 9.53. The fraction of sp³-hybridized carbons (Fsp3) is 0.500. The van der Waals surface area contributed by atoms with Crippen LogP contribution in [0.1, 0.15) is 38.2 Å². The molecule has 0 aromatic carbocycles. The predicted octanol–water partition coefficient (Wildman–Crippen LogP) is 2.47. The number of amides is 1. The van der Waals surface area contributed by atoms with E-state index in [1.807, 2.05) is 13.8 Å². The molecular formula is C12H15FN2O. The summed E-state index contributed by atoms with van der Waals surface area (Å²) in [5.41, 5.74) is 0.593. The third-order valence-electron chi connectivity index (χ3n) is 2.83. The van der Waals surface area contributed by atoms with Gasteiger partial charge in [0.25, 0.3) is 0 Å². The summed E-state index contributed by atoms with van der Waals surface area (Å²) >= 11 is 0. The van der Waals surface area contributed by atoms with Crippen molar-refractivity contribution in [2.75, 3.05) is 11.4 Å². The highest BCUT2D eigenvalue weighted by Gasteiger charge is 2.23. The minimum atomic E-state index is -0.466. The smallest absolute Gasteiger partial charge is 0.228 e. The summed E-state index contributed by atoms with van der Waals surface area (Å²) in [4.78, 5) is 16.9. The molecule has 2 rings (SSSR count). The van der Waals surface area contributed by atoms with Gasteiger partial charge in [-0.05, 0) is 18.4 Å². The molecule has 1 saturated heterocycles. The average molecular weight is 222 g/mol. The summed E-state index contributed by atoms with van der Waals surface area (Å²) < 4.78 is 13.6. The van der Waals surface area contributed by atoms with Gasteiger partial charge < -0.3 is 0 Å². The summed E-state index contributed by atoms with van der Waals surface area (Å²) in [5, 5.41) is 0. The molecule has 3 nitrogen and oxygen atoms in total. The van der Waals surface area contributed by atoms with Gasteiger partial charge in [-0.2, -0.15) is 4.39 Å². The highest BCUT2D eigenvalue weighted by atomic mass is 19.1. The number of rotatable bonds is 2. The van der Waals surface area contributed by atoms with Crippen molar-refractivity contribution in [3.05, 3.63) is 23.6 Å². The maximum Gasteiger partial charge on any atom is 0.228 e. The minimum Gasteiger partial charge on any atom is -0.297 e. The van der Waals surface area contributed by atoms with Gasteiger partial charge in [-0.25, -0.2) is 4.98 Å². The Hall–Kier alpha value is -1.45. The molecule has 4 heteroatoms. The Morgan fingerprint density at radius 1 is 1.44 bits per heavy atom. The molecule has 86 valence electrons. The molecule has 0 saturated carbocycles. The maximum absolute atomic E-state index is 13.6. The largest absolute Gasteiger partial charge is 0.297 e. The first-order valence-corrected chi connectivity index (χ1v) is 5.56. The quantitative estimate of drug-likeness (QED) is 0.720. The van der Waals surface area contributed by atoms with Crippen LogP contribution in [0, 0.1) is 5.95 Å². The van der Waals surface area contributed by atoms with Crippen molar-refractivity contribution in [3.63, 3.8) is 0 Å². The van der Waals surface area contributed by atoms with Gasteiger partial charge in [-0.1, -0.05) is 19.9 Å². The van der Waals surface area contributed by atoms with Crippen molar-refractivity contribution < 1.29 is 9.18 Å². The molecule has 0 aliphatic carbocycles. The number of hydrogen-bond acceptors (Lipinski definition) is 2. The molecule has 2 heterocycles. The predicted molar refractivity (Wildman–Crippen MR) is 59.9 cm³/mol. The minimum absolute atomic E-state index is 0.0317. The van der Waals surface area contributed by atoms with E-state index in [1.165, 1.54) is 0 Å². The van der Waals surface area contributed by atoms with Gasteiger partial charge in [0.15, 0.2) is 0 Å². The Balaban J connectivity index is 2.30. The second kappa shape index (κ2) is 4.20. The molecule has 1 fully saturated rings. The first kappa shape index (κ1) is 11.0. The number of hydrogen-bond donors (Lipinski definition) is 0. The van der Waals surface area contributed by atoms with Crippen molar-refractivity contribution in [1.29, 1.82) is 0 Å². The Kier molecular flexibility index (Phi) is 2.90. The molecule has 0 N–H and O–H groups in total. The van der Waals surface area contributed by atoms with Gasteiger partial charge in [0, 0.05) is 18.5 Å². The number of carbonyl (C=O) groups is 1. The third-order valence-corrected chi connectivity index (χ3v) is 2.83. The maximum atomic E-state index is 13.6. The van der Waals surface area contributed by atoms with Crippen molar-refractivity contribution in [1.82, 2.24) is 4.98 Å². The number of nitrogens with zero attached hydrogens (tertiary/aromatic N) is 2. The van der Waals surface area contributed by atoms with Gasteiger partial charge in [0.05, 0.1) is 0 Å². The molecule has 1 amide bonds. The summed E-state index contributed by atoms with van der Waals surface area (Å²) in [5.74, 6) is 0.108. The van der Waals surface area contributed by atoms with Crippen molar-refractivity contribution in [2.45, 2.75) is 32.6 Å². The van der Waals surface area contributed by atoms with Crippen molar-refractivity contribution in [2.24, 2.45) is 0 Å². The van der Waals surface area contributed by atoms with Crippen molar-refractivity contribution >= 4 is 11.7 Å². The standard InChI is InChI=1S/C12H15FN2O/c1-8(2)9-5-6-10(14-12(9)13)15-7-3-4-11(15)16/h5-6,8H,3-4,7H2,1-2H3. The number of halogens is 1. The zero-order chi connectivity index (χ0) is 11.7. The molecule has 0 spiro atoms. The van der Waals surface area contributed by atoms with Gasteiger partial charge in [0.1, 0.15) is 5.82 Å². The highest BCUT2D eigenvalue weighted by Crippen LogP contribution is 2.23. The van der Waals surface area contributed by atoms with Crippen LogP contribution in [-0.4, -0.2) is 17.4 Å². The van der Waals surface area contributed by atoms with E-state index in [1.54, 1.807) is 17.0 Å². The third kappa shape index (κ3) is 1.92. The molecule has 1 aromatic rings. The van der Waals surface area contributed by atoms with Crippen LogP contribution in [-0.2, 0) is 4.79 Å². The summed E-state index contributed by atoms with van der Waals surface area (Å²) in [7, 11) is 0. The van der Waals surface area contributed by atoms with Crippen LogP contribution in [0.3, 0.4) is 0 Å². The Labute approximate surface area is 94.3 Å². The first-order chi connectivity index (χ1) is 7.59. The summed E-state index contributed by atoms with van der Waals surface area (Å²) in [6.45, 7) is 4.48. The summed E-state index contributed by atoms with van der Waals surface area (Å²) in [6.07, 6.45) is 1.36. The molecule has 0 atom stereocenters. The molecule has 0 unspecified atom stereocenters. The lowest BCUT2D eigenvalue weighted by atomic mass is 10.1. The Bertz CT molecular complexity index is 417. The normalized spacial score (nSPS) is 16.2. The molecular weight excluding hydrogens is 207 g/mol. The van der Waals surface area contributed by atoms with E-state index in [0.717, 1.165) is 6.42 Å². The van der Waals surface area contributed by atoms with Crippen LogP contribution in [0.15, 0.2) is 12.1 Å². The van der Waals surface area contributed by atoms with E-state index < -0.39 is 5.95 Å². The topological polar surface area (TPSA) is 33.2 Å². The number of aromatic nitrogens is 1. The van der Waals surface area contributed by atoms with E-state index in [9.17, 15) is 9.18 Å². The van der Waals surface area contributed by atoms with Crippen LogP contribution in [0.25, 0.3) is 0 Å². The fourth-order valence-corrected chi connectivity index (χ4v) is 1.91. The van der Waals surface area contributed by atoms with Crippen LogP contribution < -0.4 is 4.90 Å². The zero-order valence-corrected chi connectivity index (χ0v) is 9.53. The van der Waals surface area contributed by atoms with Crippen molar-refractivity contribution in [3.8, 4) is 0 Å². The number of pyridine rings is 1. The lowest BCUT2D eigenvalue weighted by Gasteiger charge is -2.15. The van der Waals surface area contributed by atoms with E-state index in [0.29, 0.717) is 24.3 Å². The van der Waals surface area contributed by atoms with Crippen LogP contribution >= 0.6 is 0 Å². The van der Waals surface area contributed by atoms with Gasteiger partial charge >= 0.3 is 0 Å². The molecule has 1 aromatic heterocycles. The SMILES string of the molecule is CC(C)c1ccc(N2CCCC2=O)nc1F. The molecule has 1 aliphatic heterocycles. The lowest BCUT2D eigenvalue weighted by Crippen LogP contribution is -2.25. The molecule has 1 aliphatic rings. The second-order valence-corrected chi connectivity index (χ2v) is 4.35. The first-order valence-electron chi connectivity index (χ1n) is 5.56. The van der Waals surface area contributed by atoms with Gasteiger partial charge in [-0.15, -0.1) is 0 Å². The van der Waals surface area contributed by atoms with Crippen LogP contribution in [0.5, 0.6) is 0 Å². The highest BCUT2D eigenvalue weighted by molar-refractivity contribution is 5.94. The fourth-order valence-electron chi connectivity index (χ4n) is 1.91. The lowest BCUT2D eigenvalue weighted by molar-refractivity contribution is -0.117. The van der Waals surface area contributed by atoms with Gasteiger partial charge in [0.2, 0.25) is 11.9 Å². The van der Waals surface area contributed by atoms with E-state index in [2.05, 4.69) is 4.98 Å². The second-order valence-electron chi connectivity index (χ2n) is 4.35. The number of anilines is 1. The van der Waals surface area contributed by atoms with E-state index in [4.69, 9.17) is 0 Å². The number of carbonyl (C=O) groups excluding carboxylic acids is 1. The van der Waals surface area contributed by atoms with Gasteiger partial charge in [-0.3, -0.25) is 9.69 Å². The van der Waals surface area contributed by atoms with Crippen LogP contribution in [0.4, 0.5) is 10.2 Å². The summed E-state index contributed by atoms with van der Waals surface area (Å²) in [6, 6.07) is 3.44. The Morgan fingerprint density at radius 2 is 2.19 bits per heavy atom. The van der Waals surface area contributed by atoms with Crippen LogP contribution in [0.2, 0.25) is 0 Å². The Morgan fingerprint density at radius 3 is 2.69 bits per heavy atom. The van der Waals surface area contributed by atoms with E-state index >= 15 is 0 Å². The molecule has 0 radical (unpaired) electrons. The molecule has 16 heavy (non-hydrogen) atoms.